The van der Waals surface area contributed by atoms with Gasteiger partial charge in [-0.1, -0.05) is 30.0 Å². The smallest absolute Gasteiger partial charge is 0.340 e. The molecule has 11 heteroatoms. The van der Waals surface area contributed by atoms with Crippen LogP contribution in [0, 0.1) is 10.1 Å². The molecule has 0 unspecified atom stereocenters. The average Bonchev–Trinajstić information content (AvgIpc) is 3.22. The van der Waals surface area contributed by atoms with Crippen molar-refractivity contribution in [2.75, 3.05) is 17.7 Å². The van der Waals surface area contributed by atoms with Crippen LogP contribution in [0.25, 0.3) is 11.5 Å². The highest BCUT2D eigenvalue weighted by Gasteiger charge is 2.16. The maximum absolute atomic E-state index is 12.3. The van der Waals surface area contributed by atoms with Gasteiger partial charge in [-0.05, 0) is 25.1 Å². The number of non-ortho nitro benzene ring substituents is 1. The first kappa shape index (κ1) is 21.0. The third kappa shape index (κ3) is 5.20. The molecule has 0 bridgehead atoms. The number of nitrogens with one attached hydrogen (secondary N) is 1. The van der Waals surface area contributed by atoms with Crippen LogP contribution in [-0.4, -0.2) is 39.4 Å². The molecule has 0 fully saturated rings. The molecule has 0 atom stereocenters. The van der Waals surface area contributed by atoms with Crippen LogP contribution >= 0.6 is 11.8 Å². The van der Waals surface area contributed by atoms with Crippen LogP contribution in [0.15, 0.2) is 58.2 Å². The Morgan fingerprint density at radius 2 is 2.00 bits per heavy atom. The lowest BCUT2D eigenvalue weighted by atomic mass is 10.2. The predicted octanol–water partition coefficient (Wildman–Crippen LogP) is 3.55. The summed E-state index contributed by atoms with van der Waals surface area (Å²) in [6.07, 6.45) is 0. The number of amides is 1. The van der Waals surface area contributed by atoms with Crippen LogP contribution in [0.2, 0.25) is 0 Å². The number of ether oxygens (including phenoxy) is 1. The van der Waals surface area contributed by atoms with Gasteiger partial charge >= 0.3 is 5.97 Å². The summed E-state index contributed by atoms with van der Waals surface area (Å²) in [6.45, 7) is 1.92. The van der Waals surface area contributed by atoms with Crippen LogP contribution in [-0.2, 0) is 9.53 Å². The fourth-order valence-corrected chi connectivity index (χ4v) is 2.99. The van der Waals surface area contributed by atoms with Gasteiger partial charge in [0.2, 0.25) is 11.8 Å². The Bertz CT molecular complexity index is 1080. The minimum Gasteiger partial charge on any atom is -0.462 e. The van der Waals surface area contributed by atoms with E-state index in [1.807, 2.05) is 0 Å². The predicted molar refractivity (Wildman–Crippen MR) is 108 cm³/mol. The first-order valence-corrected chi connectivity index (χ1v) is 9.73. The normalized spacial score (nSPS) is 10.4. The number of hydrogen-bond acceptors (Lipinski definition) is 9. The summed E-state index contributed by atoms with van der Waals surface area (Å²) in [6, 6.07) is 12.3. The molecule has 0 saturated carbocycles. The highest BCUT2D eigenvalue weighted by atomic mass is 32.2. The first-order chi connectivity index (χ1) is 14.5. The Kier molecular flexibility index (Phi) is 6.75. The molecule has 1 heterocycles. The quantitative estimate of drug-likeness (QED) is 0.247. The zero-order valence-corrected chi connectivity index (χ0v) is 16.5. The first-order valence-electron chi connectivity index (χ1n) is 8.75. The number of hydrogen-bond donors (Lipinski definition) is 1. The standard InChI is InChI=1S/C19H16N4O6S/c1-2-28-18(25)14-8-3-4-9-15(14)20-16(24)11-30-19-22-21-17(29-19)12-6-5-7-13(10-12)23(26)27/h3-10H,2,11H2,1H3,(H,20,24). The molecular formula is C19H16N4O6S. The van der Waals surface area contributed by atoms with Crippen LogP contribution in [0.5, 0.6) is 0 Å². The number of nitro benzene ring substituents is 1. The summed E-state index contributed by atoms with van der Waals surface area (Å²) >= 11 is 0.996. The second kappa shape index (κ2) is 9.65. The summed E-state index contributed by atoms with van der Waals surface area (Å²) in [4.78, 5) is 34.6. The van der Waals surface area contributed by atoms with Gasteiger partial charge in [-0.15, -0.1) is 10.2 Å². The number of benzene rings is 2. The van der Waals surface area contributed by atoms with Crippen molar-refractivity contribution in [2.24, 2.45) is 0 Å². The molecule has 1 aromatic heterocycles. The van der Waals surface area contributed by atoms with E-state index in [9.17, 15) is 19.7 Å². The molecule has 3 aromatic rings. The summed E-state index contributed by atoms with van der Waals surface area (Å²) in [5.74, 6) is -0.853. The van der Waals surface area contributed by atoms with E-state index in [1.54, 1.807) is 37.3 Å². The Hall–Kier alpha value is -3.73. The summed E-state index contributed by atoms with van der Waals surface area (Å²) in [7, 11) is 0. The molecule has 0 radical (unpaired) electrons. The minimum absolute atomic E-state index is 0.0479. The third-order valence-corrected chi connectivity index (χ3v) is 4.55. The molecule has 1 N–H and O–H groups in total. The van der Waals surface area contributed by atoms with Crippen molar-refractivity contribution in [3.05, 3.63) is 64.2 Å². The van der Waals surface area contributed by atoms with E-state index in [0.717, 1.165) is 11.8 Å². The number of esters is 1. The van der Waals surface area contributed by atoms with Crippen molar-refractivity contribution in [3.8, 4) is 11.5 Å². The van der Waals surface area contributed by atoms with E-state index in [1.165, 1.54) is 18.2 Å². The molecule has 0 aliphatic heterocycles. The molecule has 154 valence electrons. The number of rotatable bonds is 8. The average molecular weight is 428 g/mol. The highest BCUT2D eigenvalue weighted by molar-refractivity contribution is 7.99. The molecule has 2 aromatic carbocycles. The Morgan fingerprint density at radius 1 is 1.20 bits per heavy atom. The Morgan fingerprint density at radius 3 is 2.77 bits per heavy atom. The van der Waals surface area contributed by atoms with Crippen molar-refractivity contribution in [3.63, 3.8) is 0 Å². The number of anilines is 1. The van der Waals surface area contributed by atoms with Crippen molar-refractivity contribution in [1.29, 1.82) is 0 Å². The molecule has 0 spiro atoms. The lowest BCUT2D eigenvalue weighted by molar-refractivity contribution is -0.384. The van der Waals surface area contributed by atoms with E-state index in [4.69, 9.17) is 9.15 Å². The van der Waals surface area contributed by atoms with Crippen LogP contribution in [0.1, 0.15) is 17.3 Å². The monoisotopic (exact) mass is 428 g/mol. The van der Waals surface area contributed by atoms with Crippen molar-refractivity contribution < 1.29 is 23.7 Å². The van der Waals surface area contributed by atoms with E-state index < -0.39 is 10.9 Å². The summed E-state index contributed by atoms with van der Waals surface area (Å²) < 4.78 is 10.4. The topological polar surface area (TPSA) is 137 Å². The number of carbonyl (C=O) groups excluding carboxylic acids is 2. The molecular weight excluding hydrogens is 412 g/mol. The summed E-state index contributed by atoms with van der Waals surface area (Å²) in [5.41, 5.74) is 0.892. The van der Waals surface area contributed by atoms with Gasteiger partial charge in [0.15, 0.2) is 0 Å². The Balaban J connectivity index is 1.62. The number of nitrogens with zero attached hydrogens (tertiary/aromatic N) is 3. The molecule has 30 heavy (non-hydrogen) atoms. The van der Waals surface area contributed by atoms with Gasteiger partial charge in [-0.3, -0.25) is 14.9 Å². The van der Waals surface area contributed by atoms with E-state index >= 15 is 0 Å². The number of aromatic nitrogens is 2. The largest absolute Gasteiger partial charge is 0.462 e. The van der Waals surface area contributed by atoms with E-state index in [-0.39, 0.29) is 40.6 Å². The van der Waals surface area contributed by atoms with Crippen molar-refractivity contribution in [1.82, 2.24) is 10.2 Å². The zero-order chi connectivity index (χ0) is 21.5. The van der Waals surface area contributed by atoms with E-state index in [2.05, 4.69) is 15.5 Å². The molecule has 0 saturated heterocycles. The van der Waals surface area contributed by atoms with Crippen LogP contribution in [0.4, 0.5) is 11.4 Å². The fraction of sp³-hybridized carbons (Fsp3) is 0.158. The maximum atomic E-state index is 12.3. The third-order valence-electron chi connectivity index (χ3n) is 3.73. The number of para-hydroxylation sites is 1. The maximum Gasteiger partial charge on any atom is 0.340 e. The zero-order valence-electron chi connectivity index (χ0n) is 15.7. The molecule has 10 nitrogen and oxygen atoms in total. The summed E-state index contributed by atoms with van der Waals surface area (Å²) in [5, 5.41) is 21.4. The van der Waals surface area contributed by atoms with Gasteiger partial charge in [0.1, 0.15) is 0 Å². The van der Waals surface area contributed by atoms with Gasteiger partial charge in [-0.2, -0.15) is 0 Å². The van der Waals surface area contributed by atoms with Crippen molar-refractivity contribution in [2.45, 2.75) is 12.1 Å². The van der Waals surface area contributed by atoms with Crippen LogP contribution in [0.3, 0.4) is 0 Å². The SMILES string of the molecule is CCOC(=O)c1ccccc1NC(=O)CSc1nnc(-c2cccc([N+](=O)[O-])c2)o1. The number of carbonyl (C=O) groups is 2. The number of nitro groups is 1. The van der Waals surface area contributed by atoms with E-state index in [0.29, 0.717) is 11.3 Å². The fourth-order valence-electron chi connectivity index (χ4n) is 2.43. The minimum atomic E-state index is -0.528. The van der Waals surface area contributed by atoms with Crippen molar-refractivity contribution >= 4 is 35.0 Å². The van der Waals surface area contributed by atoms with Gasteiger partial charge < -0.3 is 14.5 Å². The van der Waals surface area contributed by atoms with Gasteiger partial charge in [0.25, 0.3) is 10.9 Å². The molecule has 0 aliphatic carbocycles. The lowest BCUT2D eigenvalue weighted by Gasteiger charge is -2.09. The Labute approximate surface area is 174 Å². The van der Waals surface area contributed by atoms with Gasteiger partial charge in [0, 0.05) is 17.7 Å². The van der Waals surface area contributed by atoms with Crippen LogP contribution < -0.4 is 5.32 Å². The lowest BCUT2D eigenvalue weighted by Crippen LogP contribution is -2.17. The highest BCUT2D eigenvalue weighted by Crippen LogP contribution is 2.26. The van der Waals surface area contributed by atoms with Gasteiger partial charge in [0.05, 0.1) is 28.5 Å². The molecule has 1 amide bonds. The van der Waals surface area contributed by atoms with Gasteiger partial charge in [-0.25, -0.2) is 4.79 Å². The second-order valence-electron chi connectivity index (χ2n) is 5.78. The molecule has 0 aliphatic rings. The molecule has 3 rings (SSSR count). The number of thioether (sulfide) groups is 1. The second-order valence-corrected chi connectivity index (χ2v) is 6.71.